The molecule has 2 aromatic rings. The molecule has 2 rings (SSSR count). The fourth-order valence-electron chi connectivity index (χ4n) is 1.99. The highest BCUT2D eigenvalue weighted by Gasteiger charge is 2.14. The summed E-state index contributed by atoms with van der Waals surface area (Å²) in [5.74, 6) is 0.486. The van der Waals surface area contributed by atoms with Crippen LogP contribution in [0.2, 0.25) is 0 Å². The monoisotopic (exact) mass is 290 g/mol. The summed E-state index contributed by atoms with van der Waals surface area (Å²) >= 11 is 0. The van der Waals surface area contributed by atoms with Crippen molar-refractivity contribution in [2.24, 2.45) is 0 Å². The number of benzene rings is 1. The number of fused-ring (bicyclic) bond motifs is 1. The minimum absolute atomic E-state index is 0.0395. The van der Waals surface area contributed by atoms with Crippen LogP contribution in [0, 0.1) is 0 Å². The van der Waals surface area contributed by atoms with Crippen LogP contribution in [-0.4, -0.2) is 23.6 Å². The zero-order chi connectivity index (χ0) is 15.4. The molecule has 3 N–H and O–H groups in total. The number of furan rings is 1. The van der Waals surface area contributed by atoms with Gasteiger partial charge in [-0.25, -0.2) is 0 Å². The molecule has 1 atom stereocenters. The summed E-state index contributed by atoms with van der Waals surface area (Å²) in [5, 5.41) is 17.0. The Balaban J connectivity index is 2.15. The Morgan fingerprint density at radius 3 is 2.76 bits per heavy atom. The fourth-order valence-corrected chi connectivity index (χ4v) is 1.99. The molecular formula is C16H22N2O3. The SMILES string of the molecule is CCC(=O)Nc1ccc2cc(C(O)CNC(C)C)oc2c1. The van der Waals surface area contributed by atoms with E-state index in [4.69, 9.17) is 4.42 Å². The number of hydrogen-bond donors (Lipinski definition) is 3. The van der Waals surface area contributed by atoms with Gasteiger partial charge in [0.15, 0.2) is 0 Å². The zero-order valence-corrected chi connectivity index (χ0v) is 12.6. The van der Waals surface area contributed by atoms with E-state index in [2.05, 4.69) is 10.6 Å². The molecule has 5 nitrogen and oxygen atoms in total. The van der Waals surface area contributed by atoms with E-state index in [0.717, 1.165) is 5.39 Å². The third kappa shape index (κ3) is 4.06. The predicted molar refractivity (Wildman–Crippen MR) is 83.2 cm³/mol. The summed E-state index contributed by atoms with van der Waals surface area (Å²) in [7, 11) is 0. The topological polar surface area (TPSA) is 74.5 Å². The quantitative estimate of drug-likeness (QED) is 0.764. The molecule has 114 valence electrons. The van der Waals surface area contributed by atoms with Crippen LogP contribution < -0.4 is 10.6 Å². The summed E-state index contributed by atoms with van der Waals surface area (Å²) in [6.07, 6.45) is -0.255. The van der Waals surface area contributed by atoms with Gasteiger partial charge in [0.1, 0.15) is 17.4 Å². The van der Waals surface area contributed by atoms with E-state index in [9.17, 15) is 9.90 Å². The normalized spacial score (nSPS) is 12.8. The fraction of sp³-hybridized carbons (Fsp3) is 0.438. The van der Waals surface area contributed by atoms with Crippen molar-refractivity contribution in [3.8, 4) is 0 Å². The number of hydrogen-bond acceptors (Lipinski definition) is 4. The second kappa shape index (κ2) is 6.74. The Morgan fingerprint density at radius 1 is 1.33 bits per heavy atom. The number of amides is 1. The molecule has 0 radical (unpaired) electrons. The second-order valence-electron chi connectivity index (χ2n) is 5.38. The Bertz CT molecular complexity index is 619. The van der Waals surface area contributed by atoms with E-state index >= 15 is 0 Å². The van der Waals surface area contributed by atoms with Crippen molar-refractivity contribution >= 4 is 22.6 Å². The van der Waals surface area contributed by atoms with Crippen molar-refractivity contribution in [1.29, 1.82) is 0 Å². The van der Waals surface area contributed by atoms with E-state index in [-0.39, 0.29) is 5.91 Å². The van der Waals surface area contributed by atoms with Gasteiger partial charge in [0.25, 0.3) is 0 Å². The molecule has 21 heavy (non-hydrogen) atoms. The number of carbonyl (C=O) groups is 1. The highest BCUT2D eigenvalue weighted by molar-refractivity contribution is 5.93. The summed E-state index contributed by atoms with van der Waals surface area (Å²) in [4.78, 5) is 11.4. The van der Waals surface area contributed by atoms with Gasteiger partial charge in [-0.3, -0.25) is 4.79 Å². The summed E-state index contributed by atoms with van der Waals surface area (Å²) in [5.41, 5.74) is 1.35. The third-order valence-corrected chi connectivity index (χ3v) is 3.19. The molecule has 0 aliphatic heterocycles. The van der Waals surface area contributed by atoms with E-state index in [1.54, 1.807) is 13.0 Å². The molecule has 0 aliphatic carbocycles. The van der Waals surface area contributed by atoms with E-state index < -0.39 is 6.10 Å². The van der Waals surface area contributed by atoms with Gasteiger partial charge in [-0.15, -0.1) is 0 Å². The van der Waals surface area contributed by atoms with Gasteiger partial charge in [0, 0.05) is 36.1 Å². The summed E-state index contributed by atoms with van der Waals surface area (Å²) in [6.45, 7) is 6.29. The lowest BCUT2D eigenvalue weighted by Crippen LogP contribution is -2.27. The lowest BCUT2D eigenvalue weighted by atomic mass is 10.2. The van der Waals surface area contributed by atoms with Gasteiger partial charge < -0.3 is 20.2 Å². The molecule has 0 aliphatic rings. The Morgan fingerprint density at radius 2 is 2.10 bits per heavy atom. The van der Waals surface area contributed by atoms with Gasteiger partial charge in [0.2, 0.25) is 5.91 Å². The average Bonchev–Trinajstić information content (AvgIpc) is 2.87. The lowest BCUT2D eigenvalue weighted by molar-refractivity contribution is -0.115. The molecule has 0 fully saturated rings. The second-order valence-corrected chi connectivity index (χ2v) is 5.38. The maximum atomic E-state index is 11.4. The number of carbonyl (C=O) groups excluding carboxylic acids is 1. The van der Waals surface area contributed by atoms with Crippen LogP contribution in [-0.2, 0) is 4.79 Å². The molecule has 1 aromatic carbocycles. The number of rotatable bonds is 6. The largest absolute Gasteiger partial charge is 0.458 e. The maximum Gasteiger partial charge on any atom is 0.224 e. The molecular weight excluding hydrogens is 268 g/mol. The zero-order valence-electron chi connectivity index (χ0n) is 12.6. The van der Waals surface area contributed by atoms with Crippen molar-refractivity contribution in [3.05, 3.63) is 30.0 Å². The highest BCUT2D eigenvalue weighted by Crippen LogP contribution is 2.26. The molecule has 1 aromatic heterocycles. The molecule has 1 unspecified atom stereocenters. The number of nitrogens with one attached hydrogen (secondary N) is 2. The van der Waals surface area contributed by atoms with E-state index in [0.29, 0.717) is 36.0 Å². The van der Waals surface area contributed by atoms with Gasteiger partial charge in [0.05, 0.1) is 0 Å². The number of aliphatic hydroxyl groups is 1. The summed E-state index contributed by atoms with van der Waals surface area (Å²) < 4.78 is 5.68. The smallest absolute Gasteiger partial charge is 0.224 e. The highest BCUT2D eigenvalue weighted by atomic mass is 16.4. The van der Waals surface area contributed by atoms with E-state index in [1.807, 2.05) is 32.0 Å². The predicted octanol–water partition coefficient (Wildman–Crippen LogP) is 2.81. The van der Waals surface area contributed by atoms with Crippen LogP contribution in [0.4, 0.5) is 5.69 Å². The first-order chi connectivity index (χ1) is 9.99. The first-order valence-corrected chi connectivity index (χ1v) is 7.24. The minimum Gasteiger partial charge on any atom is -0.458 e. The number of anilines is 1. The molecule has 0 saturated carbocycles. The van der Waals surface area contributed by atoms with Crippen LogP contribution in [0.1, 0.15) is 39.1 Å². The van der Waals surface area contributed by atoms with Gasteiger partial charge in [-0.2, -0.15) is 0 Å². The minimum atomic E-state index is -0.687. The van der Waals surface area contributed by atoms with Crippen molar-refractivity contribution in [3.63, 3.8) is 0 Å². The Hall–Kier alpha value is -1.85. The standard InChI is InChI=1S/C16H22N2O3/c1-4-16(20)18-12-6-5-11-7-15(21-14(11)8-12)13(19)9-17-10(2)3/h5-8,10,13,17,19H,4,9H2,1-3H3,(H,18,20). The lowest BCUT2D eigenvalue weighted by Gasteiger charge is -2.11. The number of aliphatic hydroxyl groups excluding tert-OH is 1. The molecule has 1 amide bonds. The molecule has 5 heteroatoms. The first-order valence-electron chi connectivity index (χ1n) is 7.24. The van der Waals surface area contributed by atoms with Gasteiger partial charge >= 0.3 is 0 Å². The Kier molecular flexibility index (Phi) is 4.98. The average molecular weight is 290 g/mol. The van der Waals surface area contributed by atoms with Crippen LogP contribution in [0.25, 0.3) is 11.0 Å². The molecule has 0 spiro atoms. The van der Waals surface area contributed by atoms with Crippen LogP contribution in [0.15, 0.2) is 28.7 Å². The third-order valence-electron chi connectivity index (χ3n) is 3.19. The van der Waals surface area contributed by atoms with Crippen LogP contribution >= 0.6 is 0 Å². The van der Waals surface area contributed by atoms with Crippen molar-refractivity contribution in [1.82, 2.24) is 5.32 Å². The van der Waals surface area contributed by atoms with Gasteiger partial charge in [-0.1, -0.05) is 20.8 Å². The molecule has 0 bridgehead atoms. The first kappa shape index (κ1) is 15.5. The van der Waals surface area contributed by atoms with Crippen molar-refractivity contribution < 1.29 is 14.3 Å². The van der Waals surface area contributed by atoms with Crippen molar-refractivity contribution in [2.75, 3.05) is 11.9 Å². The molecule has 1 heterocycles. The summed E-state index contributed by atoms with van der Waals surface area (Å²) in [6, 6.07) is 7.60. The Labute approximate surface area is 124 Å². The van der Waals surface area contributed by atoms with Gasteiger partial charge in [-0.05, 0) is 18.2 Å². The van der Waals surface area contributed by atoms with Crippen LogP contribution in [0.3, 0.4) is 0 Å². The van der Waals surface area contributed by atoms with Crippen molar-refractivity contribution in [2.45, 2.75) is 39.3 Å². The maximum absolute atomic E-state index is 11.4. The molecule has 0 saturated heterocycles. The van der Waals surface area contributed by atoms with Crippen LogP contribution in [0.5, 0.6) is 0 Å². The van der Waals surface area contributed by atoms with E-state index in [1.165, 1.54) is 0 Å².